The van der Waals surface area contributed by atoms with Crippen LogP contribution in [0.25, 0.3) is 0 Å². The summed E-state index contributed by atoms with van der Waals surface area (Å²) in [5.41, 5.74) is -0.994. The van der Waals surface area contributed by atoms with Crippen LogP contribution in [0.5, 0.6) is 0 Å². The predicted molar refractivity (Wildman–Crippen MR) is 40.0 cm³/mol. The lowest BCUT2D eigenvalue weighted by Gasteiger charge is -2.18. The van der Waals surface area contributed by atoms with Crippen molar-refractivity contribution in [3.63, 3.8) is 0 Å². The Kier molecular flexibility index (Phi) is 1.89. The highest BCUT2D eigenvalue weighted by atomic mass is 32.1. The first kappa shape index (κ1) is 7.84. The van der Waals surface area contributed by atoms with Gasteiger partial charge in [-0.3, -0.25) is 10.6 Å². The molecular weight excluding hydrogens is 152 g/mol. The number of rotatable bonds is 1. The second-order valence-corrected chi connectivity index (χ2v) is 3.09. The van der Waals surface area contributed by atoms with Gasteiger partial charge in [-0.2, -0.15) is 12.6 Å². The molecule has 0 amide bonds. The quantitative estimate of drug-likeness (QED) is 0.383. The largest absolute Gasteiger partial charge is 0.479 e. The number of nitrogens with one attached hydrogen (secondary N) is 2. The van der Waals surface area contributed by atoms with Gasteiger partial charge in [0, 0.05) is 6.54 Å². The molecule has 0 bridgehead atoms. The van der Waals surface area contributed by atoms with Crippen molar-refractivity contribution in [1.29, 1.82) is 0 Å². The van der Waals surface area contributed by atoms with Gasteiger partial charge in [0.15, 0.2) is 5.66 Å². The molecule has 1 rings (SSSR count). The van der Waals surface area contributed by atoms with E-state index in [2.05, 4.69) is 23.3 Å². The van der Waals surface area contributed by atoms with Crippen LogP contribution in [-0.4, -0.2) is 28.7 Å². The Morgan fingerprint density at radius 1 is 1.90 bits per heavy atom. The predicted octanol–water partition coefficient (Wildman–Crippen LogP) is -0.764. The van der Waals surface area contributed by atoms with Crippen molar-refractivity contribution in [3.8, 4) is 0 Å². The monoisotopic (exact) mass is 162 g/mol. The van der Waals surface area contributed by atoms with E-state index in [1.54, 1.807) is 6.92 Å². The van der Waals surface area contributed by atoms with Crippen molar-refractivity contribution >= 4 is 18.6 Å². The van der Waals surface area contributed by atoms with Gasteiger partial charge in [-0.15, -0.1) is 0 Å². The average Bonchev–Trinajstić information content (AvgIpc) is 2.13. The van der Waals surface area contributed by atoms with Gasteiger partial charge >= 0.3 is 5.97 Å². The van der Waals surface area contributed by atoms with Crippen molar-refractivity contribution in [2.75, 3.05) is 6.54 Å². The van der Waals surface area contributed by atoms with E-state index in [4.69, 9.17) is 5.11 Å². The van der Waals surface area contributed by atoms with Crippen LogP contribution in [0, 0.1) is 0 Å². The first-order chi connectivity index (χ1) is 4.54. The molecule has 2 unspecified atom stereocenters. The molecule has 1 fully saturated rings. The van der Waals surface area contributed by atoms with Crippen LogP contribution < -0.4 is 10.6 Å². The summed E-state index contributed by atoms with van der Waals surface area (Å²) < 4.78 is 0. The van der Waals surface area contributed by atoms with E-state index >= 15 is 0 Å². The minimum atomic E-state index is -0.994. The van der Waals surface area contributed by atoms with E-state index in [9.17, 15) is 4.79 Å². The topological polar surface area (TPSA) is 61.4 Å². The van der Waals surface area contributed by atoms with Gasteiger partial charge in [0.1, 0.15) is 0 Å². The third-order valence-corrected chi connectivity index (χ3v) is 1.84. The maximum absolute atomic E-state index is 10.5. The molecule has 1 heterocycles. The molecule has 0 aromatic carbocycles. The molecule has 4 nitrogen and oxygen atoms in total. The first-order valence-electron chi connectivity index (χ1n) is 2.99. The Labute approximate surface area is 64.4 Å². The van der Waals surface area contributed by atoms with Crippen LogP contribution in [0.3, 0.4) is 0 Å². The van der Waals surface area contributed by atoms with Crippen molar-refractivity contribution in [2.24, 2.45) is 0 Å². The van der Waals surface area contributed by atoms with Gasteiger partial charge in [-0.1, -0.05) is 0 Å². The molecular formula is C5H10N2O2S. The average molecular weight is 162 g/mol. The summed E-state index contributed by atoms with van der Waals surface area (Å²) in [4.78, 5) is 10.5. The minimum Gasteiger partial charge on any atom is -0.479 e. The summed E-state index contributed by atoms with van der Waals surface area (Å²) in [5.74, 6) is -0.899. The van der Waals surface area contributed by atoms with Gasteiger partial charge in [-0.05, 0) is 6.92 Å². The van der Waals surface area contributed by atoms with Gasteiger partial charge in [0.05, 0.1) is 5.37 Å². The smallest absolute Gasteiger partial charge is 0.338 e. The molecule has 1 aliphatic heterocycles. The number of carbonyl (C=O) groups is 1. The minimum absolute atomic E-state index is 0.0684. The Balaban J connectivity index is 2.63. The summed E-state index contributed by atoms with van der Waals surface area (Å²) in [7, 11) is 0. The summed E-state index contributed by atoms with van der Waals surface area (Å²) in [6.45, 7) is 2.15. The second kappa shape index (κ2) is 2.41. The Bertz CT molecular complexity index is 164. The fraction of sp³-hybridized carbons (Fsp3) is 0.800. The zero-order chi connectivity index (χ0) is 7.78. The molecule has 0 saturated carbocycles. The summed E-state index contributed by atoms with van der Waals surface area (Å²) >= 11 is 4.06. The van der Waals surface area contributed by atoms with Crippen molar-refractivity contribution in [1.82, 2.24) is 10.6 Å². The fourth-order valence-corrected chi connectivity index (χ4v) is 1.22. The van der Waals surface area contributed by atoms with E-state index in [0.29, 0.717) is 6.54 Å². The van der Waals surface area contributed by atoms with Crippen LogP contribution in [0.4, 0.5) is 0 Å². The summed E-state index contributed by atoms with van der Waals surface area (Å²) in [6.07, 6.45) is 0. The van der Waals surface area contributed by atoms with Crippen LogP contribution in [0.15, 0.2) is 0 Å². The molecule has 0 spiro atoms. The summed E-state index contributed by atoms with van der Waals surface area (Å²) in [5, 5.41) is 14.1. The molecule has 0 aromatic heterocycles. The highest BCUT2D eigenvalue weighted by Crippen LogP contribution is 2.09. The number of thiol groups is 1. The first-order valence-corrected chi connectivity index (χ1v) is 3.50. The molecule has 0 radical (unpaired) electrons. The number of carboxylic acid groups (broad SMARTS) is 1. The van der Waals surface area contributed by atoms with Crippen LogP contribution in [0.2, 0.25) is 0 Å². The molecule has 1 saturated heterocycles. The van der Waals surface area contributed by atoms with Gasteiger partial charge in [0.25, 0.3) is 0 Å². The molecule has 5 heteroatoms. The Hall–Kier alpha value is -0.260. The molecule has 0 aliphatic carbocycles. The highest BCUT2D eigenvalue weighted by Gasteiger charge is 2.38. The van der Waals surface area contributed by atoms with Crippen LogP contribution in [-0.2, 0) is 4.79 Å². The van der Waals surface area contributed by atoms with Crippen molar-refractivity contribution in [2.45, 2.75) is 18.0 Å². The molecule has 2 atom stereocenters. The second-order valence-electron chi connectivity index (χ2n) is 2.47. The Morgan fingerprint density at radius 3 is 2.70 bits per heavy atom. The van der Waals surface area contributed by atoms with Crippen molar-refractivity contribution in [3.05, 3.63) is 0 Å². The van der Waals surface area contributed by atoms with E-state index in [1.165, 1.54) is 0 Å². The van der Waals surface area contributed by atoms with E-state index in [-0.39, 0.29) is 5.37 Å². The number of carboxylic acids is 1. The molecule has 58 valence electrons. The third kappa shape index (κ3) is 1.25. The van der Waals surface area contributed by atoms with Crippen LogP contribution >= 0.6 is 12.6 Å². The van der Waals surface area contributed by atoms with E-state index in [1.807, 2.05) is 0 Å². The summed E-state index contributed by atoms with van der Waals surface area (Å²) in [6, 6.07) is 0. The number of aliphatic carboxylic acids is 1. The number of hydrogen-bond donors (Lipinski definition) is 4. The zero-order valence-corrected chi connectivity index (χ0v) is 6.48. The lowest BCUT2D eigenvalue weighted by Crippen LogP contribution is -2.53. The maximum atomic E-state index is 10.5. The zero-order valence-electron chi connectivity index (χ0n) is 5.59. The van der Waals surface area contributed by atoms with Gasteiger partial charge in [-0.25, -0.2) is 4.79 Å². The maximum Gasteiger partial charge on any atom is 0.338 e. The fourth-order valence-electron chi connectivity index (χ4n) is 0.873. The molecule has 0 aromatic rings. The lowest BCUT2D eigenvalue weighted by molar-refractivity contribution is -0.144. The molecule has 3 N–H and O–H groups in total. The molecule has 1 aliphatic rings. The normalized spacial score (nSPS) is 40.0. The Morgan fingerprint density at radius 2 is 2.50 bits per heavy atom. The highest BCUT2D eigenvalue weighted by molar-refractivity contribution is 7.80. The van der Waals surface area contributed by atoms with Crippen molar-refractivity contribution < 1.29 is 9.90 Å². The lowest BCUT2D eigenvalue weighted by atomic mass is 10.2. The van der Waals surface area contributed by atoms with Gasteiger partial charge < -0.3 is 5.11 Å². The third-order valence-electron chi connectivity index (χ3n) is 1.53. The van der Waals surface area contributed by atoms with Gasteiger partial charge in [0.2, 0.25) is 0 Å². The standard InChI is InChI=1S/C5H10N2O2S/c1-5(4(8)9)6-2-3(10)7-5/h3,6-7,10H,2H2,1H3,(H,8,9). The van der Waals surface area contributed by atoms with E-state index < -0.39 is 11.6 Å². The SMILES string of the molecule is CC1(C(=O)O)NCC(S)N1. The van der Waals surface area contributed by atoms with Crippen LogP contribution in [0.1, 0.15) is 6.92 Å². The number of hydrogen-bond acceptors (Lipinski definition) is 4. The molecule has 10 heavy (non-hydrogen) atoms. The van der Waals surface area contributed by atoms with E-state index in [0.717, 1.165) is 0 Å².